The molecule has 0 atom stereocenters. The van der Waals surface area contributed by atoms with Gasteiger partial charge in [-0.25, -0.2) is 4.79 Å². The minimum absolute atomic E-state index is 0.306. The second-order valence-corrected chi connectivity index (χ2v) is 7.67. The van der Waals surface area contributed by atoms with E-state index in [1.54, 1.807) is 0 Å². The molecular formula is C16H20N4OS2. The van der Waals surface area contributed by atoms with Gasteiger partial charge in [-0.1, -0.05) is 53.4 Å². The van der Waals surface area contributed by atoms with E-state index in [9.17, 15) is 4.79 Å². The number of allylic oxidation sites excluding steroid dienone is 1. The molecule has 2 amide bonds. The molecule has 0 spiro atoms. The Morgan fingerprint density at radius 3 is 2.70 bits per heavy atom. The topological polar surface area (TPSA) is 66.9 Å². The summed E-state index contributed by atoms with van der Waals surface area (Å²) in [5, 5.41) is 14.1. The van der Waals surface area contributed by atoms with E-state index < -0.39 is 5.54 Å². The van der Waals surface area contributed by atoms with Crippen LogP contribution in [-0.4, -0.2) is 22.5 Å². The van der Waals surface area contributed by atoms with Gasteiger partial charge in [-0.3, -0.25) is 5.32 Å². The van der Waals surface area contributed by atoms with E-state index in [0.717, 1.165) is 21.0 Å². The summed E-state index contributed by atoms with van der Waals surface area (Å²) in [4.78, 5) is 12.2. The van der Waals surface area contributed by atoms with Crippen LogP contribution in [0.5, 0.6) is 0 Å². The zero-order chi connectivity index (χ0) is 17.0. The first kappa shape index (κ1) is 17.5. The highest BCUT2D eigenvalue weighted by Crippen LogP contribution is 2.25. The highest BCUT2D eigenvalue weighted by molar-refractivity contribution is 8.00. The van der Waals surface area contributed by atoms with E-state index in [4.69, 9.17) is 0 Å². The van der Waals surface area contributed by atoms with Crippen molar-refractivity contribution in [2.75, 3.05) is 11.6 Å². The molecule has 0 unspecified atom stereocenters. The van der Waals surface area contributed by atoms with Crippen LogP contribution in [0.15, 0.2) is 35.2 Å². The van der Waals surface area contributed by atoms with E-state index >= 15 is 0 Å². The molecule has 5 nitrogen and oxygen atoms in total. The number of carbonyl (C=O) groups excluding carboxylic acids is 1. The van der Waals surface area contributed by atoms with Crippen molar-refractivity contribution < 1.29 is 4.79 Å². The fraction of sp³-hybridized carbons (Fsp3) is 0.312. The van der Waals surface area contributed by atoms with Crippen molar-refractivity contribution >= 4 is 39.8 Å². The van der Waals surface area contributed by atoms with Crippen LogP contribution in [0.4, 0.5) is 9.93 Å². The van der Waals surface area contributed by atoms with Gasteiger partial charge in [-0.05, 0) is 44.2 Å². The number of carbonyl (C=O) groups is 1. The maximum absolute atomic E-state index is 12.2. The lowest BCUT2D eigenvalue weighted by Gasteiger charge is -2.27. The second-order valence-electron chi connectivity index (χ2n) is 5.64. The number of benzene rings is 1. The summed E-state index contributed by atoms with van der Waals surface area (Å²) in [5.41, 5.74) is 2.54. The zero-order valence-electron chi connectivity index (χ0n) is 13.6. The van der Waals surface area contributed by atoms with E-state index in [1.165, 1.54) is 23.1 Å². The van der Waals surface area contributed by atoms with E-state index in [0.29, 0.717) is 5.13 Å². The lowest BCUT2D eigenvalue weighted by Crippen LogP contribution is -2.43. The number of anilines is 1. The highest BCUT2D eigenvalue weighted by atomic mass is 32.2. The van der Waals surface area contributed by atoms with Crippen molar-refractivity contribution in [1.82, 2.24) is 15.5 Å². The Morgan fingerprint density at radius 2 is 2.09 bits per heavy atom. The number of thioether (sulfide) groups is 1. The van der Waals surface area contributed by atoms with Gasteiger partial charge in [0.15, 0.2) is 4.34 Å². The van der Waals surface area contributed by atoms with Gasteiger partial charge in [0.2, 0.25) is 5.13 Å². The van der Waals surface area contributed by atoms with Crippen LogP contribution in [0.3, 0.4) is 0 Å². The summed E-state index contributed by atoms with van der Waals surface area (Å²) in [6.07, 6.45) is 1.92. The molecule has 0 aliphatic carbocycles. The van der Waals surface area contributed by atoms with Gasteiger partial charge in [-0.2, -0.15) is 0 Å². The van der Waals surface area contributed by atoms with Gasteiger partial charge >= 0.3 is 6.03 Å². The molecule has 0 radical (unpaired) electrons. The Morgan fingerprint density at radius 1 is 1.35 bits per heavy atom. The van der Waals surface area contributed by atoms with Crippen LogP contribution in [0.25, 0.3) is 5.57 Å². The van der Waals surface area contributed by atoms with Crippen LogP contribution >= 0.6 is 23.1 Å². The predicted octanol–water partition coefficient (Wildman–Crippen LogP) is 4.35. The Labute approximate surface area is 144 Å². The second kappa shape index (κ2) is 7.14. The summed E-state index contributed by atoms with van der Waals surface area (Å²) >= 11 is 2.84. The maximum atomic E-state index is 12.2. The standard InChI is InChI=1S/C16H20N4OS2/c1-10(2)11-7-6-8-12(9-11)16(3,4)18-13(21)17-14-19-20-15(22-5)23-14/h6-9H,1H2,2-5H3,(H2,17,18,19,21). The van der Waals surface area contributed by atoms with Crippen molar-refractivity contribution in [3.05, 3.63) is 42.0 Å². The van der Waals surface area contributed by atoms with Gasteiger partial charge in [0, 0.05) is 0 Å². The van der Waals surface area contributed by atoms with Gasteiger partial charge < -0.3 is 5.32 Å². The summed E-state index contributed by atoms with van der Waals surface area (Å²) in [6, 6.07) is 7.70. The van der Waals surface area contributed by atoms with Crippen LogP contribution in [-0.2, 0) is 5.54 Å². The van der Waals surface area contributed by atoms with E-state index in [-0.39, 0.29) is 6.03 Å². The molecule has 1 aromatic heterocycles. The first-order chi connectivity index (χ1) is 10.8. The molecule has 0 aliphatic rings. The molecule has 2 N–H and O–H groups in total. The van der Waals surface area contributed by atoms with Gasteiger partial charge in [-0.15, -0.1) is 10.2 Å². The van der Waals surface area contributed by atoms with Crippen LogP contribution < -0.4 is 10.6 Å². The Hall–Kier alpha value is -1.86. The van der Waals surface area contributed by atoms with E-state index in [2.05, 4.69) is 27.4 Å². The molecule has 0 saturated carbocycles. The number of urea groups is 1. The smallest absolute Gasteiger partial charge is 0.321 e. The largest absolute Gasteiger partial charge is 0.329 e. The number of rotatable bonds is 5. The lowest BCUT2D eigenvalue weighted by atomic mass is 9.92. The molecular weight excluding hydrogens is 328 g/mol. The molecule has 1 aromatic carbocycles. The van der Waals surface area contributed by atoms with Crippen LogP contribution in [0.2, 0.25) is 0 Å². The van der Waals surface area contributed by atoms with Crippen molar-refractivity contribution in [2.24, 2.45) is 0 Å². The first-order valence-electron chi connectivity index (χ1n) is 7.05. The predicted molar refractivity (Wildman–Crippen MR) is 98.0 cm³/mol. The number of aromatic nitrogens is 2. The average molecular weight is 348 g/mol. The van der Waals surface area contributed by atoms with Crippen LogP contribution in [0.1, 0.15) is 31.9 Å². The monoisotopic (exact) mass is 348 g/mol. The Kier molecular flexibility index (Phi) is 5.43. The molecule has 7 heteroatoms. The fourth-order valence-electron chi connectivity index (χ4n) is 2.00. The molecule has 0 aliphatic heterocycles. The number of hydrogen-bond donors (Lipinski definition) is 2. The van der Waals surface area contributed by atoms with Gasteiger partial charge in [0.25, 0.3) is 0 Å². The average Bonchev–Trinajstić information content (AvgIpc) is 2.94. The molecule has 1 heterocycles. The minimum Gasteiger partial charge on any atom is -0.329 e. The zero-order valence-corrected chi connectivity index (χ0v) is 15.3. The summed E-state index contributed by atoms with van der Waals surface area (Å²) in [7, 11) is 0. The molecule has 122 valence electrons. The molecule has 2 rings (SSSR count). The number of amides is 2. The molecule has 2 aromatic rings. The van der Waals surface area contributed by atoms with Crippen molar-refractivity contribution in [2.45, 2.75) is 30.6 Å². The SMILES string of the molecule is C=C(C)c1cccc(C(C)(C)NC(=O)Nc2nnc(SC)s2)c1. The quantitative estimate of drug-likeness (QED) is 0.623. The lowest BCUT2D eigenvalue weighted by molar-refractivity contribution is 0.242. The molecule has 23 heavy (non-hydrogen) atoms. The summed E-state index contributed by atoms with van der Waals surface area (Å²) < 4.78 is 0.814. The molecule has 0 fully saturated rings. The minimum atomic E-state index is -0.525. The molecule has 0 saturated heterocycles. The molecule has 0 bridgehead atoms. The maximum Gasteiger partial charge on any atom is 0.321 e. The van der Waals surface area contributed by atoms with Gasteiger partial charge in [0.05, 0.1) is 5.54 Å². The normalized spacial score (nSPS) is 11.1. The number of hydrogen-bond acceptors (Lipinski definition) is 5. The Balaban J connectivity index is 2.09. The third kappa shape index (κ3) is 4.56. The van der Waals surface area contributed by atoms with Crippen LogP contribution in [0, 0.1) is 0 Å². The summed E-state index contributed by atoms with van der Waals surface area (Å²) in [5.74, 6) is 0. The fourth-order valence-corrected chi connectivity index (χ4v) is 3.17. The number of nitrogens with one attached hydrogen (secondary N) is 2. The number of nitrogens with zero attached hydrogens (tertiary/aromatic N) is 2. The highest BCUT2D eigenvalue weighted by Gasteiger charge is 2.23. The van der Waals surface area contributed by atoms with Crippen molar-refractivity contribution in [3.63, 3.8) is 0 Å². The van der Waals surface area contributed by atoms with Crippen molar-refractivity contribution in [1.29, 1.82) is 0 Å². The van der Waals surface area contributed by atoms with Gasteiger partial charge in [0.1, 0.15) is 0 Å². The third-order valence-corrected chi connectivity index (χ3v) is 5.12. The van der Waals surface area contributed by atoms with E-state index in [1.807, 2.05) is 51.3 Å². The first-order valence-corrected chi connectivity index (χ1v) is 9.09. The van der Waals surface area contributed by atoms with Crippen molar-refractivity contribution in [3.8, 4) is 0 Å². The third-order valence-electron chi connectivity index (χ3n) is 3.30. The summed E-state index contributed by atoms with van der Waals surface area (Å²) in [6.45, 7) is 9.84. The Bertz CT molecular complexity index is 724.